The molecule has 0 aromatic heterocycles. The fraction of sp³-hybridized carbons (Fsp3) is 0.381. The van der Waals surface area contributed by atoms with Crippen molar-refractivity contribution in [1.82, 2.24) is 5.32 Å². The normalized spacial score (nSPS) is 11.9. The molecule has 0 spiro atoms. The Morgan fingerprint density at radius 2 is 1.72 bits per heavy atom. The first-order valence-corrected chi connectivity index (χ1v) is 8.51. The van der Waals surface area contributed by atoms with Crippen molar-refractivity contribution in [2.75, 3.05) is 13.7 Å². The Bertz CT molecular complexity index is 717. The number of carbonyl (C=O) groups is 1. The fourth-order valence-corrected chi connectivity index (χ4v) is 3.01. The Balaban J connectivity index is 2.03. The molecule has 0 aliphatic carbocycles. The molecule has 4 nitrogen and oxygen atoms in total. The summed E-state index contributed by atoms with van der Waals surface area (Å²) in [5.74, 6) is 0.373. The quantitative estimate of drug-likeness (QED) is 0.773. The number of esters is 1. The van der Waals surface area contributed by atoms with E-state index < -0.39 is 0 Å². The zero-order valence-electron chi connectivity index (χ0n) is 15.7. The first-order chi connectivity index (χ1) is 11.9. The van der Waals surface area contributed by atoms with Crippen molar-refractivity contribution in [3.05, 3.63) is 64.2 Å². The molecular formula is C21H27NO3. The molecule has 1 N–H and O–H groups in total. The topological polar surface area (TPSA) is 47.6 Å². The smallest absolute Gasteiger partial charge is 0.343 e. The van der Waals surface area contributed by atoms with E-state index in [0.29, 0.717) is 0 Å². The summed E-state index contributed by atoms with van der Waals surface area (Å²) in [7, 11) is 1.36. The summed E-state index contributed by atoms with van der Waals surface area (Å²) >= 11 is 0. The molecule has 2 rings (SSSR count). The number of methoxy groups -OCH3 is 1. The molecule has 4 heteroatoms. The summed E-state index contributed by atoms with van der Waals surface area (Å²) in [6, 6.07) is 12.9. The molecule has 25 heavy (non-hydrogen) atoms. The van der Waals surface area contributed by atoms with Gasteiger partial charge in [-0.1, -0.05) is 36.4 Å². The van der Waals surface area contributed by atoms with Crippen LogP contribution in [0.2, 0.25) is 0 Å². The SMILES string of the molecule is COC(=O)COc1c(C)cc(CNC(C)c2ccccc2C)cc1C. The highest BCUT2D eigenvalue weighted by Gasteiger charge is 2.11. The van der Waals surface area contributed by atoms with E-state index >= 15 is 0 Å². The Hall–Kier alpha value is -2.33. The van der Waals surface area contributed by atoms with Gasteiger partial charge in [0.2, 0.25) is 0 Å². The van der Waals surface area contributed by atoms with Crippen LogP contribution >= 0.6 is 0 Å². The maximum absolute atomic E-state index is 11.3. The van der Waals surface area contributed by atoms with E-state index in [9.17, 15) is 4.79 Å². The van der Waals surface area contributed by atoms with Gasteiger partial charge in [0.05, 0.1) is 7.11 Å². The molecule has 2 aromatic rings. The van der Waals surface area contributed by atoms with Crippen molar-refractivity contribution in [2.45, 2.75) is 40.3 Å². The van der Waals surface area contributed by atoms with Gasteiger partial charge < -0.3 is 14.8 Å². The van der Waals surface area contributed by atoms with E-state index in [2.05, 4.69) is 60.3 Å². The number of ether oxygens (including phenoxy) is 2. The monoisotopic (exact) mass is 341 g/mol. The largest absolute Gasteiger partial charge is 0.481 e. The highest BCUT2D eigenvalue weighted by Crippen LogP contribution is 2.25. The Labute approximate surface area is 150 Å². The number of benzene rings is 2. The lowest BCUT2D eigenvalue weighted by atomic mass is 10.0. The Kier molecular flexibility index (Phi) is 6.59. The minimum absolute atomic E-state index is 0.0694. The number of aryl methyl sites for hydroxylation is 3. The van der Waals surface area contributed by atoms with Crippen molar-refractivity contribution in [3.63, 3.8) is 0 Å². The average molecular weight is 341 g/mol. The van der Waals surface area contributed by atoms with Crippen LogP contribution in [0.4, 0.5) is 0 Å². The van der Waals surface area contributed by atoms with Crippen molar-refractivity contribution in [3.8, 4) is 5.75 Å². The van der Waals surface area contributed by atoms with Gasteiger partial charge in [0.25, 0.3) is 0 Å². The molecule has 0 amide bonds. The van der Waals surface area contributed by atoms with Gasteiger partial charge in [0, 0.05) is 12.6 Å². The maximum Gasteiger partial charge on any atom is 0.343 e. The third-order valence-corrected chi connectivity index (χ3v) is 4.35. The molecule has 0 aliphatic rings. The van der Waals surface area contributed by atoms with Crippen LogP contribution in [0.15, 0.2) is 36.4 Å². The molecule has 0 radical (unpaired) electrons. The maximum atomic E-state index is 11.3. The summed E-state index contributed by atoms with van der Waals surface area (Å²) in [6.07, 6.45) is 0. The van der Waals surface area contributed by atoms with Crippen LogP contribution in [0.3, 0.4) is 0 Å². The highest BCUT2D eigenvalue weighted by molar-refractivity contribution is 5.71. The number of nitrogens with one attached hydrogen (secondary N) is 1. The van der Waals surface area contributed by atoms with Crippen LogP contribution in [-0.2, 0) is 16.1 Å². The molecule has 0 aliphatic heterocycles. The lowest BCUT2D eigenvalue weighted by molar-refractivity contribution is -0.142. The molecular weight excluding hydrogens is 314 g/mol. The highest BCUT2D eigenvalue weighted by atomic mass is 16.6. The molecule has 134 valence electrons. The first-order valence-electron chi connectivity index (χ1n) is 8.51. The van der Waals surface area contributed by atoms with E-state index in [-0.39, 0.29) is 18.6 Å². The van der Waals surface area contributed by atoms with Crippen LogP contribution in [0.25, 0.3) is 0 Å². The predicted octanol–water partition coefficient (Wildman–Crippen LogP) is 4.01. The second-order valence-electron chi connectivity index (χ2n) is 6.38. The van der Waals surface area contributed by atoms with Crippen LogP contribution in [0.1, 0.15) is 40.8 Å². The molecule has 0 bridgehead atoms. The fourth-order valence-electron chi connectivity index (χ4n) is 3.01. The molecule has 0 saturated heterocycles. The van der Waals surface area contributed by atoms with E-state index in [0.717, 1.165) is 23.4 Å². The molecule has 0 heterocycles. The van der Waals surface area contributed by atoms with Gasteiger partial charge in [0.15, 0.2) is 6.61 Å². The molecule has 2 aromatic carbocycles. The van der Waals surface area contributed by atoms with Crippen molar-refractivity contribution in [1.29, 1.82) is 0 Å². The van der Waals surface area contributed by atoms with E-state index in [1.54, 1.807) is 0 Å². The summed E-state index contributed by atoms with van der Waals surface area (Å²) < 4.78 is 10.2. The van der Waals surface area contributed by atoms with Gasteiger partial charge in [-0.2, -0.15) is 0 Å². The van der Waals surface area contributed by atoms with Crippen LogP contribution in [0.5, 0.6) is 5.75 Å². The standard InChI is InChI=1S/C21H27NO3/c1-14-8-6-7-9-19(14)17(4)22-12-18-10-15(2)21(16(3)11-18)25-13-20(23)24-5/h6-11,17,22H,12-13H2,1-5H3. The third-order valence-electron chi connectivity index (χ3n) is 4.35. The summed E-state index contributed by atoms with van der Waals surface area (Å²) in [6.45, 7) is 9.00. The average Bonchev–Trinajstić information content (AvgIpc) is 2.59. The van der Waals surface area contributed by atoms with Gasteiger partial charge in [-0.25, -0.2) is 4.79 Å². The van der Waals surface area contributed by atoms with Crippen LogP contribution in [-0.4, -0.2) is 19.7 Å². The predicted molar refractivity (Wildman–Crippen MR) is 99.9 cm³/mol. The Morgan fingerprint density at radius 3 is 2.32 bits per heavy atom. The number of rotatable bonds is 7. The lowest BCUT2D eigenvalue weighted by Crippen LogP contribution is -2.19. The number of hydrogen-bond donors (Lipinski definition) is 1. The minimum Gasteiger partial charge on any atom is -0.481 e. The third kappa shape index (κ3) is 5.07. The van der Waals surface area contributed by atoms with E-state index in [1.165, 1.54) is 23.8 Å². The van der Waals surface area contributed by atoms with Gasteiger partial charge >= 0.3 is 5.97 Å². The second kappa shape index (κ2) is 8.67. The van der Waals surface area contributed by atoms with Crippen LogP contribution in [0, 0.1) is 20.8 Å². The summed E-state index contributed by atoms with van der Waals surface area (Å²) in [4.78, 5) is 11.3. The molecule has 0 saturated carbocycles. The number of carbonyl (C=O) groups excluding carboxylic acids is 1. The molecule has 0 fully saturated rings. The van der Waals surface area contributed by atoms with Crippen molar-refractivity contribution >= 4 is 5.97 Å². The minimum atomic E-state index is -0.378. The summed E-state index contributed by atoms with van der Waals surface area (Å²) in [5, 5.41) is 3.57. The van der Waals surface area contributed by atoms with Gasteiger partial charge in [0.1, 0.15) is 5.75 Å². The van der Waals surface area contributed by atoms with Gasteiger partial charge in [-0.05, 0) is 55.5 Å². The van der Waals surface area contributed by atoms with E-state index in [4.69, 9.17) is 4.74 Å². The summed E-state index contributed by atoms with van der Waals surface area (Å²) in [5.41, 5.74) is 5.84. The zero-order chi connectivity index (χ0) is 18.4. The molecule has 1 unspecified atom stereocenters. The second-order valence-corrected chi connectivity index (χ2v) is 6.38. The Morgan fingerprint density at radius 1 is 1.08 bits per heavy atom. The van der Waals surface area contributed by atoms with Crippen molar-refractivity contribution in [2.24, 2.45) is 0 Å². The van der Waals surface area contributed by atoms with E-state index in [1.807, 2.05) is 13.8 Å². The van der Waals surface area contributed by atoms with Gasteiger partial charge in [-0.15, -0.1) is 0 Å². The number of hydrogen-bond acceptors (Lipinski definition) is 4. The van der Waals surface area contributed by atoms with Crippen molar-refractivity contribution < 1.29 is 14.3 Å². The first kappa shape index (κ1) is 19.0. The lowest BCUT2D eigenvalue weighted by Gasteiger charge is -2.18. The van der Waals surface area contributed by atoms with Crippen LogP contribution < -0.4 is 10.1 Å². The van der Waals surface area contributed by atoms with Gasteiger partial charge in [-0.3, -0.25) is 0 Å². The molecule has 1 atom stereocenters. The zero-order valence-corrected chi connectivity index (χ0v) is 15.7.